The van der Waals surface area contributed by atoms with Crippen LogP contribution in [-0.2, 0) is 22.4 Å². The van der Waals surface area contributed by atoms with Gasteiger partial charge in [0, 0.05) is 29.9 Å². The van der Waals surface area contributed by atoms with E-state index >= 15 is 0 Å². The van der Waals surface area contributed by atoms with E-state index in [0.29, 0.717) is 17.9 Å². The third-order valence-electron chi connectivity index (χ3n) is 4.81. The highest BCUT2D eigenvalue weighted by Crippen LogP contribution is 2.32. The van der Waals surface area contributed by atoms with Crippen LogP contribution in [0.3, 0.4) is 0 Å². The number of carboxylic acid groups (broad SMARTS) is 1. The van der Waals surface area contributed by atoms with E-state index in [-0.39, 0.29) is 25.5 Å². The largest absolute Gasteiger partial charge is 0.480 e. The Kier molecular flexibility index (Phi) is 4.89. The van der Waals surface area contributed by atoms with Gasteiger partial charge in [0.05, 0.1) is 0 Å². The van der Waals surface area contributed by atoms with Crippen molar-refractivity contribution in [3.63, 3.8) is 0 Å². The molecule has 2 aromatic carbocycles. The average Bonchev–Trinajstić information content (AvgIpc) is 3.32. The smallest absolute Gasteiger partial charge is 0.326 e. The molecular formula is C21H20N2O5. The summed E-state index contributed by atoms with van der Waals surface area (Å²) in [7, 11) is 0. The third kappa shape index (κ3) is 3.78. The summed E-state index contributed by atoms with van der Waals surface area (Å²) in [5.41, 5.74) is 2.73. The van der Waals surface area contributed by atoms with Crippen molar-refractivity contribution in [3.8, 4) is 11.5 Å². The molecular weight excluding hydrogens is 360 g/mol. The number of aryl methyl sites for hydroxylation is 1. The van der Waals surface area contributed by atoms with Crippen LogP contribution in [0.2, 0.25) is 0 Å². The number of benzene rings is 2. The summed E-state index contributed by atoms with van der Waals surface area (Å²) in [6, 6.07) is 12.2. The van der Waals surface area contributed by atoms with Crippen molar-refractivity contribution < 1.29 is 24.2 Å². The summed E-state index contributed by atoms with van der Waals surface area (Å²) < 4.78 is 10.6. The predicted octanol–water partition coefficient (Wildman–Crippen LogP) is 2.64. The molecule has 0 unspecified atom stereocenters. The molecule has 3 N–H and O–H groups in total. The van der Waals surface area contributed by atoms with E-state index in [0.717, 1.165) is 22.0 Å². The molecule has 0 bridgehead atoms. The highest BCUT2D eigenvalue weighted by molar-refractivity contribution is 5.86. The molecule has 1 atom stereocenters. The first-order valence-corrected chi connectivity index (χ1v) is 9.06. The normalized spacial score (nSPS) is 13.4. The third-order valence-corrected chi connectivity index (χ3v) is 4.81. The van der Waals surface area contributed by atoms with Crippen molar-refractivity contribution in [1.29, 1.82) is 0 Å². The van der Waals surface area contributed by atoms with Crippen LogP contribution in [0.4, 0.5) is 0 Å². The zero-order valence-electron chi connectivity index (χ0n) is 15.1. The first kappa shape index (κ1) is 17.9. The maximum atomic E-state index is 12.3. The van der Waals surface area contributed by atoms with E-state index in [1.54, 1.807) is 6.20 Å². The fraction of sp³-hybridized carbons (Fsp3) is 0.238. The number of aliphatic carboxylic acids is 1. The average molecular weight is 380 g/mol. The van der Waals surface area contributed by atoms with E-state index in [1.807, 2.05) is 42.5 Å². The quantitative estimate of drug-likeness (QED) is 0.585. The molecule has 1 aliphatic rings. The van der Waals surface area contributed by atoms with Gasteiger partial charge >= 0.3 is 5.97 Å². The van der Waals surface area contributed by atoms with Crippen molar-refractivity contribution in [3.05, 3.63) is 59.8 Å². The molecule has 0 saturated heterocycles. The molecule has 0 spiro atoms. The maximum absolute atomic E-state index is 12.3. The fourth-order valence-electron chi connectivity index (χ4n) is 3.34. The molecule has 7 nitrogen and oxygen atoms in total. The number of amides is 1. The first-order valence-electron chi connectivity index (χ1n) is 9.06. The van der Waals surface area contributed by atoms with Crippen molar-refractivity contribution in [2.75, 3.05) is 6.79 Å². The Labute approximate surface area is 161 Å². The lowest BCUT2D eigenvalue weighted by atomic mass is 10.0. The minimum Gasteiger partial charge on any atom is -0.480 e. The number of carboxylic acids is 1. The number of carbonyl (C=O) groups excluding carboxylic acids is 1. The molecule has 1 amide bonds. The molecule has 1 aromatic heterocycles. The first-order chi connectivity index (χ1) is 13.6. The Morgan fingerprint density at radius 1 is 1.14 bits per heavy atom. The van der Waals surface area contributed by atoms with Crippen molar-refractivity contribution in [1.82, 2.24) is 10.3 Å². The maximum Gasteiger partial charge on any atom is 0.326 e. The Morgan fingerprint density at radius 3 is 2.82 bits per heavy atom. The number of aromatic amines is 1. The Hall–Kier alpha value is -3.48. The minimum absolute atomic E-state index is 0.192. The second kappa shape index (κ2) is 7.64. The number of H-pyrrole nitrogens is 1. The van der Waals surface area contributed by atoms with Gasteiger partial charge in [-0.15, -0.1) is 0 Å². The van der Waals surface area contributed by atoms with Gasteiger partial charge < -0.3 is 24.9 Å². The number of aromatic nitrogens is 1. The topological polar surface area (TPSA) is 101 Å². The van der Waals surface area contributed by atoms with Crippen LogP contribution in [-0.4, -0.2) is 34.8 Å². The van der Waals surface area contributed by atoms with Gasteiger partial charge in [-0.25, -0.2) is 4.79 Å². The molecule has 2 heterocycles. The molecule has 0 aliphatic carbocycles. The molecule has 0 radical (unpaired) electrons. The lowest BCUT2D eigenvalue weighted by Gasteiger charge is -2.14. The number of rotatable bonds is 7. The highest BCUT2D eigenvalue weighted by atomic mass is 16.7. The van der Waals surface area contributed by atoms with Crippen LogP contribution in [0.1, 0.15) is 17.5 Å². The number of para-hydroxylation sites is 1. The van der Waals surface area contributed by atoms with Gasteiger partial charge in [0.25, 0.3) is 0 Å². The van der Waals surface area contributed by atoms with E-state index in [2.05, 4.69) is 10.3 Å². The number of hydrogen-bond donors (Lipinski definition) is 3. The van der Waals surface area contributed by atoms with Crippen LogP contribution in [0.15, 0.2) is 48.7 Å². The molecule has 1 aliphatic heterocycles. The Balaban J connectivity index is 1.37. The van der Waals surface area contributed by atoms with Gasteiger partial charge in [-0.1, -0.05) is 24.3 Å². The molecule has 0 fully saturated rings. The number of fused-ring (bicyclic) bond motifs is 2. The number of carbonyl (C=O) groups is 2. The predicted molar refractivity (Wildman–Crippen MR) is 102 cm³/mol. The summed E-state index contributed by atoms with van der Waals surface area (Å²) in [5.74, 6) is 0.00477. The SMILES string of the molecule is O=C(CCc1ccc2c(c1)OCO2)N[C@@H](Cc1c[nH]c2ccccc12)C(=O)O. The Bertz CT molecular complexity index is 1030. The van der Waals surface area contributed by atoms with Crippen LogP contribution < -0.4 is 14.8 Å². The van der Waals surface area contributed by atoms with Crippen LogP contribution in [0, 0.1) is 0 Å². The summed E-state index contributed by atoms with van der Waals surface area (Å²) in [6.45, 7) is 0.202. The molecule has 3 aromatic rings. The lowest BCUT2D eigenvalue weighted by molar-refractivity contribution is -0.141. The highest BCUT2D eigenvalue weighted by Gasteiger charge is 2.22. The van der Waals surface area contributed by atoms with Crippen molar-refractivity contribution in [2.45, 2.75) is 25.3 Å². The number of hydrogen-bond acceptors (Lipinski definition) is 4. The summed E-state index contributed by atoms with van der Waals surface area (Å²) >= 11 is 0. The van der Waals surface area contributed by atoms with Gasteiger partial charge in [0.1, 0.15) is 6.04 Å². The zero-order valence-corrected chi connectivity index (χ0v) is 15.1. The van der Waals surface area contributed by atoms with Crippen LogP contribution in [0.5, 0.6) is 11.5 Å². The second-order valence-electron chi connectivity index (χ2n) is 6.71. The van der Waals surface area contributed by atoms with E-state index in [4.69, 9.17) is 9.47 Å². The van der Waals surface area contributed by atoms with Crippen molar-refractivity contribution >= 4 is 22.8 Å². The molecule has 4 rings (SSSR count). The number of ether oxygens (including phenoxy) is 2. The Morgan fingerprint density at radius 2 is 1.96 bits per heavy atom. The zero-order chi connectivity index (χ0) is 19.5. The monoisotopic (exact) mass is 380 g/mol. The molecule has 7 heteroatoms. The van der Waals surface area contributed by atoms with Gasteiger partial charge in [0.2, 0.25) is 12.7 Å². The summed E-state index contributed by atoms with van der Waals surface area (Å²) in [6.07, 6.45) is 2.69. The summed E-state index contributed by atoms with van der Waals surface area (Å²) in [4.78, 5) is 27.1. The molecule has 144 valence electrons. The second-order valence-corrected chi connectivity index (χ2v) is 6.71. The van der Waals surface area contributed by atoms with E-state index < -0.39 is 12.0 Å². The minimum atomic E-state index is -1.05. The molecule has 28 heavy (non-hydrogen) atoms. The van der Waals surface area contributed by atoms with Crippen LogP contribution >= 0.6 is 0 Å². The fourth-order valence-corrected chi connectivity index (χ4v) is 3.34. The van der Waals surface area contributed by atoms with Crippen LogP contribution in [0.25, 0.3) is 10.9 Å². The standard InChI is InChI=1S/C21H20N2O5/c24-20(8-6-13-5-7-18-19(9-13)28-12-27-18)23-17(21(25)26)10-14-11-22-16-4-2-1-3-15(14)16/h1-5,7,9,11,17,22H,6,8,10,12H2,(H,23,24)(H,25,26)/t17-/m0/s1. The van der Waals surface area contributed by atoms with E-state index in [9.17, 15) is 14.7 Å². The van der Waals surface area contributed by atoms with Gasteiger partial charge in [-0.2, -0.15) is 0 Å². The summed E-state index contributed by atoms with van der Waals surface area (Å²) in [5, 5.41) is 13.1. The molecule has 0 saturated carbocycles. The number of nitrogens with one attached hydrogen (secondary N) is 2. The van der Waals surface area contributed by atoms with Crippen molar-refractivity contribution in [2.24, 2.45) is 0 Å². The van der Waals surface area contributed by atoms with Gasteiger partial charge in [-0.3, -0.25) is 4.79 Å². The lowest BCUT2D eigenvalue weighted by Crippen LogP contribution is -2.42. The van der Waals surface area contributed by atoms with Gasteiger partial charge in [-0.05, 0) is 35.7 Å². The van der Waals surface area contributed by atoms with Gasteiger partial charge in [0.15, 0.2) is 11.5 Å². The van der Waals surface area contributed by atoms with E-state index in [1.165, 1.54) is 0 Å².